The van der Waals surface area contributed by atoms with E-state index < -0.39 is 12.0 Å². The van der Waals surface area contributed by atoms with E-state index in [-0.39, 0.29) is 12.1 Å². The minimum Gasteiger partial charge on any atom is -0.480 e. The molecule has 0 bridgehead atoms. The Morgan fingerprint density at radius 3 is 2.70 bits per heavy atom. The number of carboxylic acids is 1. The molecule has 1 aliphatic heterocycles. The van der Waals surface area contributed by atoms with Gasteiger partial charge in [-0.1, -0.05) is 30.3 Å². The van der Waals surface area contributed by atoms with Gasteiger partial charge >= 0.3 is 12.0 Å². The van der Waals surface area contributed by atoms with Crippen LogP contribution in [0.15, 0.2) is 36.9 Å². The van der Waals surface area contributed by atoms with Crippen LogP contribution >= 0.6 is 0 Å². The molecule has 0 fully saturated rings. The van der Waals surface area contributed by atoms with Gasteiger partial charge in [0, 0.05) is 19.0 Å². The molecule has 2 N–H and O–H groups in total. The average molecular weight is 274 g/mol. The molecular formula is C15H18N2O3. The maximum atomic E-state index is 12.2. The largest absolute Gasteiger partial charge is 0.480 e. The number of hydrogen-bond acceptors (Lipinski definition) is 2. The van der Waals surface area contributed by atoms with Crippen molar-refractivity contribution in [2.75, 3.05) is 0 Å². The summed E-state index contributed by atoms with van der Waals surface area (Å²) in [5.41, 5.74) is 1.98. The van der Waals surface area contributed by atoms with E-state index >= 15 is 0 Å². The van der Waals surface area contributed by atoms with Crippen molar-refractivity contribution in [3.8, 4) is 0 Å². The number of fused-ring (bicyclic) bond motifs is 1. The first-order chi connectivity index (χ1) is 9.52. The fraction of sp³-hybridized carbons (Fsp3) is 0.333. The number of nitrogens with zero attached hydrogens (tertiary/aromatic N) is 1. The Bertz CT molecular complexity index is 542. The third kappa shape index (κ3) is 2.82. The number of aliphatic carboxylic acids is 1. The van der Waals surface area contributed by atoms with Crippen LogP contribution in [0.25, 0.3) is 0 Å². The number of nitrogens with one attached hydrogen (secondary N) is 1. The van der Waals surface area contributed by atoms with Crippen LogP contribution < -0.4 is 5.32 Å². The fourth-order valence-corrected chi connectivity index (χ4v) is 2.29. The SMILES string of the molecule is C=CC(C)NC(=O)N1Cc2ccccc2C[C@H]1C(=O)O. The molecule has 0 spiro atoms. The van der Waals surface area contributed by atoms with E-state index in [0.717, 1.165) is 11.1 Å². The Morgan fingerprint density at radius 1 is 1.45 bits per heavy atom. The number of benzene rings is 1. The van der Waals surface area contributed by atoms with Gasteiger partial charge in [0.2, 0.25) is 0 Å². The molecule has 0 saturated carbocycles. The molecule has 106 valence electrons. The van der Waals surface area contributed by atoms with Crippen LogP contribution in [-0.4, -0.2) is 34.1 Å². The first kappa shape index (κ1) is 14.1. The molecule has 2 atom stereocenters. The van der Waals surface area contributed by atoms with Gasteiger partial charge in [-0.25, -0.2) is 9.59 Å². The van der Waals surface area contributed by atoms with Gasteiger partial charge in [-0.15, -0.1) is 6.58 Å². The van der Waals surface area contributed by atoms with Crippen molar-refractivity contribution in [1.82, 2.24) is 10.2 Å². The van der Waals surface area contributed by atoms with Crippen LogP contribution in [-0.2, 0) is 17.8 Å². The molecule has 0 aromatic heterocycles. The van der Waals surface area contributed by atoms with E-state index in [1.54, 1.807) is 13.0 Å². The molecule has 1 aliphatic rings. The summed E-state index contributed by atoms with van der Waals surface area (Å²) in [6, 6.07) is 6.20. The Labute approximate surface area is 117 Å². The maximum absolute atomic E-state index is 12.2. The van der Waals surface area contributed by atoms with Crippen LogP contribution in [0.1, 0.15) is 18.1 Å². The second-order valence-electron chi connectivity index (χ2n) is 4.93. The highest BCUT2D eigenvalue weighted by Gasteiger charge is 2.34. The topological polar surface area (TPSA) is 69.6 Å². The molecular weight excluding hydrogens is 256 g/mol. The molecule has 1 heterocycles. The molecule has 1 aromatic carbocycles. The van der Waals surface area contributed by atoms with Crippen LogP contribution in [0.2, 0.25) is 0 Å². The lowest BCUT2D eigenvalue weighted by molar-refractivity contribution is -0.142. The van der Waals surface area contributed by atoms with Crippen LogP contribution in [0.3, 0.4) is 0 Å². The van der Waals surface area contributed by atoms with E-state index in [1.165, 1.54) is 4.90 Å². The van der Waals surface area contributed by atoms with Gasteiger partial charge in [-0.2, -0.15) is 0 Å². The highest BCUT2D eigenvalue weighted by Crippen LogP contribution is 2.23. The molecule has 0 saturated heterocycles. The van der Waals surface area contributed by atoms with E-state index in [9.17, 15) is 14.7 Å². The summed E-state index contributed by atoms with van der Waals surface area (Å²) in [4.78, 5) is 25.0. The lowest BCUT2D eigenvalue weighted by Crippen LogP contribution is -2.53. The predicted molar refractivity (Wildman–Crippen MR) is 75.3 cm³/mol. The van der Waals surface area contributed by atoms with E-state index in [2.05, 4.69) is 11.9 Å². The highest BCUT2D eigenvalue weighted by atomic mass is 16.4. The summed E-state index contributed by atoms with van der Waals surface area (Å²) < 4.78 is 0. The smallest absolute Gasteiger partial charge is 0.326 e. The molecule has 0 aliphatic carbocycles. The Balaban J connectivity index is 2.24. The predicted octanol–water partition coefficient (Wildman–Crippen LogP) is 1.78. The molecule has 2 amide bonds. The summed E-state index contributed by atoms with van der Waals surface area (Å²) in [5, 5.41) is 12.1. The zero-order valence-corrected chi connectivity index (χ0v) is 11.4. The van der Waals surface area contributed by atoms with Crippen molar-refractivity contribution in [3.63, 3.8) is 0 Å². The van der Waals surface area contributed by atoms with Crippen LogP contribution in [0.4, 0.5) is 4.79 Å². The average Bonchev–Trinajstić information content (AvgIpc) is 2.45. The number of carboxylic acid groups (broad SMARTS) is 1. The van der Waals surface area contributed by atoms with Gasteiger partial charge in [-0.3, -0.25) is 0 Å². The second kappa shape index (κ2) is 5.77. The first-order valence-corrected chi connectivity index (χ1v) is 6.52. The van der Waals surface area contributed by atoms with E-state index in [1.807, 2.05) is 24.3 Å². The van der Waals surface area contributed by atoms with Crippen LogP contribution in [0.5, 0.6) is 0 Å². The second-order valence-corrected chi connectivity index (χ2v) is 4.93. The molecule has 20 heavy (non-hydrogen) atoms. The quantitative estimate of drug-likeness (QED) is 0.825. The molecule has 0 radical (unpaired) electrons. The lowest BCUT2D eigenvalue weighted by Gasteiger charge is -2.34. The van der Waals surface area contributed by atoms with Gasteiger partial charge in [0.1, 0.15) is 6.04 Å². The van der Waals surface area contributed by atoms with Gasteiger partial charge in [0.15, 0.2) is 0 Å². The van der Waals surface area contributed by atoms with Crippen molar-refractivity contribution in [1.29, 1.82) is 0 Å². The Morgan fingerprint density at radius 2 is 2.10 bits per heavy atom. The van der Waals surface area contributed by atoms with Crippen molar-refractivity contribution in [3.05, 3.63) is 48.0 Å². The van der Waals surface area contributed by atoms with Crippen molar-refractivity contribution in [2.24, 2.45) is 0 Å². The summed E-state index contributed by atoms with van der Waals surface area (Å²) in [6.45, 7) is 5.70. The zero-order chi connectivity index (χ0) is 14.7. The standard InChI is InChI=1S/C15H18N2O3/c1-3-10(2)16-15(20)17-9-12-7-5-4-6-11(12)8-13(17)14(18)19/h3-7,10,13H,1,8-9H2,2H3,(H,16,20)(H,18,19)/t10?,13-/m0/s1. The highest BCUT2D eigenvalue weighted by molar-refractivity contribution is 5.83. The minimum absolute atomic E-state index is 0.200. The van der Waals surface area contributed by atoms with Gasteiger partial charge in [0.25, 0.3) is 0 Å². The summed E-state index contributed by atoms with van der Waals surface area (Å²) in [5.74, 6) is -0.985. The van der Waals surface area contributed by atoms with Gasteiger partial charge < -0.3 is 15.3 Å². The van der Waals surface area contributed by atoms with Crippen molar-refractivity contribution >= 4 is 12.0 Å². The molecule has 1 unspecified atom stereocenters. The third-order valence-electron chi connectivity index (χ3n) is 3.50. The number of amides is 2. The third-order valence-corrected chi connectivity index (χ3v) is 3.50. The molecule has 5 heteroatoms. The maximum Gasteiger partial charge on any atom is 0.326 e. The van der Waals surface area contributed by atoms with Gasteiger partial charge in [0.05, 0.1) is 0 Å². The lowest BCUT2D eigenvalue weighted by atomic mass is 9.94. The zero-order valence-electron chi connectivity index (χ0n) is 11.4. The Kier molecular flexibility index (Phi) is 4.08. The van der Waals surface area contributed by atoms with Gasteiger partial charge in [-0.05, 0) is 18.1 Å². The van der Waals surface area contributed by atoms with E-state index in [4.69, 9.17) is 0 Å². The number of hydrogen-bond donors (Lipinski definition) is 2. The van der Waals surface area contributed by atoms with Crippen LogP contribution in [0, 0.1) is 0 Å². The number of carbonyl (C=O) groups is 2. The fourth-order valence-electron chi connectivity index (χ4n) is 2.29. The Hall–Kier alpha value is -2.30. The van der Waals surface area contributed by atoms with E-state index in [0.29, 0.717) is 13.0 Å². The monoisotopic (exact) mass is 274 g/mol. The minimum atomic E-state index is -0.985. The van der Waals surface area contributed by atoms with Crippen molar-refractivity contribution in [2.45, 2.75) is 32.0 Å². The van der Waals surface area contributed by atoms with Crippen molar-refractivity contribution < 1.29 is 14.7 Å². The summed E-state index contributed by atoms with van der Waals surface area (Å²) in [7, 11) is 0. The first-order valence-electron chi connectivity index (χ1n) is 6.52. The normalized spacial score (nSPS) is 18.9. The molecule has 5 nitrogen and oxygen atoms in total. The summed E-state index contributed by atoms with van der Waals surface area (Å²) in [6.07, 6.45) is 1.94. The molecule has 1 aromatic rings. The number of carbonyl (C=O) groups excluding carboxylic acids is 1. The molecule has 2 rings (SSSR count). The number of urea groups is 1. The summed E-state index contributed by atoms with van der Waals surface area (Å²) >= 11 is 0. The number of rotatable bonds is 3.